The van der Waals surface area contributed by atoms with E-state index in [1.807, 2.05) is 25.1 Å². The number of nitrogens with two attached hydrogens (primary N) is 1. The van der Waals surface area contributed by atoms with E-state index in [0.29, 0.717) is 12.4 Å². The minimum Gasteiger partial charge on any atom is -0.496 e. The Morgan fingerprint density at radius 3 is 2.67 bits per heavy atom. The summed E-state index contributed by atoms with van der Waals surface area (Å²) in [6.45, 7) is 2.12. The molecule has 2 heterocycles. The van der Waals surface area contributed by atoms with E-state index in [4.69, 9.17) is 19.9 Å². The minimum absolute atomic E-state index is 0.0801. The number of hydrogen-bond donors (Lipinski definition) is 1. The third-order valence-corrected chi connectivity index (χ3v) is 5.25. The van der Waals surface area contributed by atoms with Gasteiger partial charge in [0.05, 0.1) is 32.0 Å². The summed E-state index contributed by atoms with van der Waals surface area (Å²) in [7, 11) is 1.55. The predicted molar refractivity (Wildman–Crippen MR) is 82.7 cm³/mol. The van der Waals surface area contributed by atoms with E-state index >= 15 is 0 Å². The van der Waals surface area contributed by atoms with Crippen molar-refractivity contribution < 1.29 is 14.2 Å². The number of nitriles is 2. The summed E-state index contributed by atoms with van der Waals surface area (Å²) in [4.78, 5) is 4.28. The molecule has 1 saturated carbocycles. The molecule has 2 aliphatic heterocycles. The van der Waals surface area contributed by atoms with Gasteiger partial charge in [-0.3, -0.25) is 0 Å². The van der Waals surface area contributed by atoms with E-state index < -0.39 is 22.7 Å². The molecule has 0 bridgehead atoms. The molecular weight excluding hydrogens is 308 g/mol. The molecule has 2 N–H and O–H groups in total. The lowest BCUT2D eigenvalue weighted by Crippen LogP contribution is -2.39. The van der Waals surface area contributed by atoms with E-state index in [1.54, 1.807) is 13.2 Å². The predicted octanol–water partition coefficient (Wildman–Crippen LogP) is 1.27. The van der Waals surface area contributed by atoms with Crippen LogP contribution in [0.3, 0.4) is 0 Å². The highest BCUT2D eigenvalue weighted by Crippen LogP contribution is 2.83. The van der Waals surface area contributed by atoms with Gasteiger partial charge < -0.3 is 19.9 Å². The van der Waals surface area contributed by atoms with Crippen LogP contribution >= 0.6 is 0 Å². The van der Waals surface area contributed by atoms with Gasteiger partial charge in [-0.25, -0.2) is 4.99 Å². The molecule has 3 aliphatic rings. The first-order valence-corrected chi connectivity index (χ1v) is 7.66. The Labute approximate surface area is 139 Å². The van der Waals surface area contributed by atoms with Gasteiger partial charge in [-0.15, -0.1) is 0 Å². The normalized spacial score (nSPS) is 42.1. The highest BCUT2D eigenvalue weighted by Gasteiger charge is 2.94. The number of amidine groups is 1. The van der Waals surface area contributed by atoms with Crippen LogP contribution in [0.2, 0.25) is 0 Å². The van der Waals surface area contributed by atoms with Crippen LogP contribution in [-0.4, -0.2) is 31.6 Å². The Bertz CT molecular complexity index is 841. The molecule has 1 saturated heterocycles. The standard InChI is InChI=1S/C17H16N4O3/c1-10-7-23-17(24-10)16(9-19)13(15(16,8-18)14(20)21-17)11-5-3-4-6-12(11)22-2/h3-6,10,13H,7H2,1-2H3,(H2,20,21)/t10-,13-,15-,16-,17-/m1/s1. The number of nitrogens with zero attached hydrogens (tertiary/aromatic N) is 3. The summed E-state index contributed by atoms with van der Waals surface area (Å²) in [6.07, 6.45) is -0.236. The number of rotatable bonds is 2. The van der Waals surface area contributed by atoms with E-state index in [9.17, 15) is 10.5 Å². The SMILES string of the molecule is COc1ccccc1[C@H]1[C@@]2(C#N)[C@@]3(N=C(N)[C@@]12C#N)OC[C@@H](C)O3. The van der Waals surface area contributed by atoms with Crippen molar-refractivity contribution in [3.63, 3.8) is 0 Å². The number of benzene rings is 1. The smallest absolute Gasteiger partial charge is 0.293 e. The maximum Gasteiger partial charge on any atom is 0.293 e. The molecule has 7 heteroatoms. The Kier molecular flexibility index (Phi) is 2.79. The zero-order chi connectivity index (χ0) is 17.2. The minimum atomic E-state index is -1.54. The lowest BCUT2D eigenvalue weighted by atomic mass is 9.93. The maximum atomic E-state index is 10.1. The average molecular weight is 324 g/mol. The second-order valence-electron chi connectivity index (χ2n) is 6.33. The molecule has 0 radical (unpaired) electrons. The lowest BCUT2D eigenvalue weighted by molar-refractivity contribution is -0.193. The molecule has 1 aromatic carbocycles. The molecule has 2 fully saturated rings. The maximum absolute atomic E-state index is 10.1. The number of hydrogen-bond acceptors (Lipinski definition) is 7. The van der Waals surface area contributed by atoms with E-state index in [1.165, 1.54) is 0 Å². The highest BCUT2D eigenvalue weighted by atomic mass is 16.8. The molecular formula is C17H16N4O3. The van der Waals surface area contributed by atoms with Crippen LogP contribution in [0.25, 0.3) is 0 Å². The van der Waals surface area contributed by atoms with Crippen molar-refractivity contribution in [1.82, 2.24) is 0 Å². The number of fused-ring (bicyclic) bond motifs is 2. The first-order valence-electron chi connectivity index (χ1n) is 7.66. The van der Waals surface area contributed by atoms with Crippen LogP contribution in [0, 0.1) is 33.5 Å². The Balaban J connectivity index is 1.94. The second kappa shape index (κ2) is 4.47. The molecule has 1 aromatic rings. The molecule has 24 heavy (non-hydrogen) atoms. The van der Waals surface area contributed by atoms with Crippen molar-refractivity contribution in [3.05, 3.63) is 29.8 Å². The fourth-order valence-electron chi connectivity index (χ4n) is 4.23. The van der Waals surface area contributed by atoms with Crippen LogP contribution in [-0.2, 0) is 9.47 Å². The van der Waals surface area contributed by atoms with Crippen molar-refractivity contribution >= 4 is 5.84 Å². The largest absolute Gasteiger partial charge is 0.496 e. The average Bonchev–Trinajstić information content (AvgIpc) is 2.98. The zero-order valence-corrected chi connectivity index (χ0v) is 13.3. The van der Waals surface area contributed by atoms with Crippen LogP contribution in [0.1, 0.15) is 18.4 Å². The van der Waals surface area contributed by atoms with Crippen LogP contribution in [0.4, 0.5) is 0 Å². The number of para-hydroxylation sites is 1. The van der Waals surface area contributed by atoms with E-state index in [0.717, 1.165) is 5.56 Å². The molecule has 0 amide bonds. The summed E-state index contributed by atoms with van der Waals surface area (Å²) in [5, 5.41) is 20.0. The highest BCUT2D eigenvalue weighted by molar-refractivity contribution is 6.00. The van der Waals surface area contributed by atoms with Crippen LogP contribution in [0.15, 0.2) is 29.3 Å². The van der Waals surface area contributed by atoms with E-state index in [2.05, 4.69) is 17.1 Å². The van der Waals surface area contributed by atoms with Crippen molar-refractivity contribution in [2.45, 2.75) is 24.9 Å². The Morgan fingerprint density at radius 2 is 2.08 bits per heavy atom. The topological polar surface area (TPSA) is 114 Å². The van der Waals surface area contributed by atoms with E-state index in [-0.39, 0.29) is 11.9 Å². The van der Waals surface area contributed by atoms with Gasteiger partial charge in [0.15, 0.2) is 5.41 Å². The summed E-state index contributed by atoms with van der Waals surface area (Å²) in [5.41, 5.74) is 4.25. The molecule has 4 rings (SSSR count). The third kappa shape index (κ3) is 1.32. The van der Waals surface area contributed by atoms with Gasteiger partial charge >= 0.3 is 0 Å². The number of ether oxygens (including phenoxy) is 3. The van der Waals surface area contributed by atoms with Crippen molar-refractivity contribution in [2.75, 3.05) is 13.7 Å². The molecule has 7 nitrogen and oxygen atoms in total. The zero-order valence-electron chi connectivity index (χ0n) is 13.3. The van der Waals surface area contributed by atoms with Gasteiger partial charge in [0.25, 0.3) is 5.91 Å². The van der Waals surface area contributed by atoms with Crippen LogP contribution in [0.5, 0.6) is 5.75 Å². The van der Waals surface area contributed by atoms with Gasteiger partial charge in [0, 0.05) is 11.5 Å². The number of methoxy groups -OCH3 is 1. The Hall–Kier alpha value is -2.61. The van der Waals surface area contributed by atoms with Crippen LogP contribution < -0.4 is 10.5 Å². The summed E-state index contributed by atoms with van der Waals surface area (Å²) in [6, 6.07) is 11.8. The number of aliphatic imine (C=N–C) groups is 1. The third-order valence-electron chi connectivity index (χ3n) is 5.25. The van der Waals surface area contributed by atoms with Crippen molar-refractivity contribution in [3.8, 4) is 17.9 Å². The lowest BCUT2D eigenvalue weighted by Gasteiger charge is -2.26. The first kappa shape index (κ1) is 14.9. The molecule has 0 aromatic heterocycles. The van der Waals surface area contributed by atoms with Gasteiger partial charge in [-0.1, -0.05) is 18.2 Å². The summed E-state index contributed by atoms with van der Waals surface area (Å²) < 4.78 is 17.1. The fraction of sp³-hybridized carbons (Fsp3) is 0.471. The molecule has 0 unspecified atom stereocenters. The van der Waals surface area contributed by atoms with Gasteiger partial charge in [-0.2, -0.15) is 10.5 Å². The quantitative estimate of drug-likeness (QED) is 0.876. The van der Waals surface area contributed by atoms with Gasteiger partial charge in [-0.05, 0) is 13.0 Å². The molecule has 1 spiro atoms. The molecule has 122 valence electrons. The Morgan fingerprint density at radius 1 is 1.33 bits per heavy atom. The molecule has 1 aliphatic carbocycles. The van der Waals surface area contributed by atoms with Crippen molar-refractivity contribution in [2.24, 2.45) is 21.6 Å². The summed E-state index contributed by atoms with van der Waals surface area (Å²) >= 11 is 0. The van der Waals surface area contributed by atoms with Gasteiger partial charge in [0.2, 0.25) is 0 Å². The fourth-order valence-corrected chi connectivity index (χ4v) is 4.23. The first-order chi connectivity index (χ1) is 11.5. The summed E-state index contributed by atoms with van der Waals surface area (Å²) in [5.74, 6) is -1.39. The second-order valence-corrected chi connectivity index (χ2v) is 6.33. The monoisotopic (exact) mass is 324 g/mol. The van der Waals surface area contributed by atoms with Crippen molar-refractivity contribution in [1.29, 1.82) is 10.5 Å². The van der Waals surface area contributed by atoms with Gasteiger partial charge in [0.1, 0.15) is 17.0 Å². The molecule has 5 atom stereocenters.